The lowest BCUT2D eigenvalue weighted by Gasteiger charge is -2.08. The molecule has 0 bridgehead atoms. The van der Waals surface area contributed by atoms with Crippen LogP contribution in [0.2, 0.25) is 0 Å². The van der Waals surface area contributed by atoms with Crippen LogP contribution in [0.5, 0.6) is 0 Å². The Labute approximate surface area is 93.0 Å². The first kappa shape index (κ1) is 12.1. The van der Waals surface area contributed by atoms with E-state index in [0.717, 1.165) is 0 Å². The number of carboxylic acid groups (broad SMARTS) is 1. The highest BCUT2D eigenvalue weighted by Gasteiger charge is 2.19. The number of aromatic nitrogens is 2. The van der Waals surface area contributed by atoms with Crippen molar-refractivity contribution in [3.05, 3.63) is 16.4 Å². The van der Waals surface area contributed by atoms with Crippen LogP contribution in [0.25, 0.3) is 0 Å². The molecule has 1 aromatic heterocycles. The molecule has 0 aromatic carbocycles. The summed E-state index contributed by atoms with van der Waals surface area (Å²) in [6, 6.07) is -0.452. The molecule has 1 atom stereocenters. The zero-order chi connectivity index (χ0) is 11.6. The highest BCUT2D eigenvalue weighted by atomic mass is 79.9. The van der Waals surface area contributed by atoms with Crippen LogP contribution in [0.3, 0.4) is 0 Å². The van der Waals surface area contributed by atoms with E-state index in [2.05, 4.69) is 21.0 Å². The molecule has 0 saturated heterocycles. The first-order chi connectivity index (χ1) is 6.91. The Morgan fingerprint density at radius 2 is 2.33 bits per heavy atom. The van der Waals surface area contributed by atoms with Crippen LogP contribution in [-0.2, 0) is 4.79 Å². The highest BCUT2D eigenvalue weighted by Crippen LogP contribution is 2.27. The van der Waals surface area contributed by atoms with E-state index < -0.39 is 18.4 Å². The van der Waals surface area contributed by atoms with Crippen molar-refractivity contribution in [1.82, 2.24) is 9.78 Å². The molecule has 1 heterocycles. The second kappa shape index (κ2) is 4.69. The third-order valence-electron chi connectivity index (χ3n) is 1.84. The molecule has 84 valence electrons. The third-order valence-corrected chi connectivity index (χ3v) is 2.45. The summed E-state index contributed by atoms with van der Waals surface area (Å²) in [5.41, 5.74) is -0.368. The van der Waals surface area contributed by atoms with Crippen molar-refractivity contribution >= 4 is 21.9 Å². The van der Waals surface area contributed by atoms with Gasteiger partial charge in [0, 0.05) is 6.20 Å². The molecule has 1 aromatic rings. The zero-order valence-electron chi connectivity index (χ0n) is 7.82. The lowest BCUT2D eigenvalue weighted by molar-refractivity contribution is -0.137. The van der Waals surface area contributed by atoms with Crippen LogP contribution >= 0.6 is 15.9 Å². The van der Waals surface area contributed by atoms with Crippen LogP contribution < -0.4 is 0 Å². The lowest BCUT2D eigenvalue weighted by Crippen LogP contribution is -2.11. The molecule has 0 saturated carbocycles. The van der Waals surface area contributed by atoms with Crippen molar-refractivity contribution in [3.63, 3.8) is 0 Å². The van der Waals surface area contributed by atoms with E-state index in [4.69, 9.17) is 5.11 Å². The number of carbonyl (C=O) groups is 1. The Kier molecular flexibility index (Phi) is 3.78. The van der Waals surface area contributed by atoms with Gasteiger partial charge in [0.15, 0.2) is 0 Å². The van der Waals surface area contributed by atoms with Gasteiger partial charge in [-0.05, 0) is 22.9 Å². The van der Waals surface area contributed by atoms with Gasteiger partial charge in [-0.2, -0.15) is 5.10 Å². The largest absolute Gasteiger partial charge is 0.481 e. The molecule has 1 N–H and O–H groups in total. The summed E-state index contributed by atoms with van der Waals surface area (Å²) in [4.78, 5) is 10.4. The van der Waals surface area contributed by atoms with Gasteiger partial charge in [-0.3, -0.25) is 9.48 Å². The van der Waals surface area contributed by atoms with Crippen LogP contribution in [0, 0.1) is 0 Å². The van der Waals surface area contributed by atoms with Gasteiger partial charge in [-0.15, -0.1) is 0 Å². The van der Waals surface area contributed by atoms with E-state index >= 15 is 0 Å². The first-order valence-corrected chi connectivity index (χ1v) is 4.95. The van der Waals surface area contributed by atoms with E-state index in [0.29, 0.717) is 0 Å². The van der Waals surface area contributed by atoms with Gasteiger partial charge in [0.1, 0.15) is 5.69 Å². The van der Waals surface area contributed by atoms with E-state index in [1.807, 2.05) is 0 Å². The van der Waals surface area contributed by atoms with Crippen molar-refractivity contribution in [2.24, 2.45) is 0 Å². The highest BCUT2D eigenvalue weighted by molar-refractivity contribution is 9.10. The second-order valence-electron chi connectivity index (χ2n) is 3.09. The Hall–Kier alpha value is -0.980. The van der Waals surface area contributed by atoms with Gasteiger partial charge < -0.3 is 5.11 Å². The molecule has 0 radical (unpaired) electrons. The maximum absolute atomic E-state index is 12.3. The van der Waals surface area contributed by atoms with Crippen molar-refractivity contribution in [1.29, 1.82) is 0 Å². The second-order valence-corrected chi connectivity index (χ2v) is 3.94. The Morgan fingerprint density at radius 1 is 1.73 bits per heavy atom. The van der Waals surface area contributed by atoms with Gasteiger partial charge in [-0.1, -0.05) is 0 Å². The van der Waals surface area contributed by atoms with Gasteiger partial charge in [0.2, 0.25) is 0 Å². The van der Waals surface area contributed by atoms with E-state index in [9.17, 15) is 13.6 Å². The van der Waals surface area contributed by atoms with Crippen LogP contribution in [0.4, 0.5) is 8.78 Å². The van der Waals surface area contributed by atoms with Crippen molar-refractivity contribution in [2.45, 2.75) is 25.8 Å². The van der Waals surface area contributed by atoms with Crippen LogP contribution in [-0.4, -0.2) is 20.9 Å². The molecule has 7 heteroatoms. The maximum atomic E-state index is 12.3. The number of carboxylic acids is 1. The normalized spacial score (nSPS) is 13.1. The number of rotatable bonds is 4. The molecule has 1 unspecified atom stereocenters. The lowest BCUT2D eigenvalue weighted by atomic mass is 10.2. The zero-order valence-corrected chi connectivity index (χ0v) is 9.41. The summed E-state index contributed by atoms with van der Waals surface area (Å²) in [5.74, 6) is -0.993. The molecule has 0 fully saturated rings. The number of aliphatic carboxylic acids is 1. The minimum absolute atomic E-state index is 0.156. The average Bonchev–Trinajstić information content (AvgIpc) is 2.46. The number of hydrogen-bond acceptors (Lipinski definition) is 2. The Balaban J connectivity index is 2.87. The summed E-state index contributed by atoms with van der Waals surface area (Å²) in [6.45, 7) is 1.60. The van der Waals surface area contributed by atoms with Crippen LogP contribution in [0.15, 0.2) is 10.7 Å². The summed E-state index contributed by atoms with van der Waals surface area (Å²) in [7, 11) is 0. The molecule has 0 amide bonds. The predicted octanol–water partition coefficient (Wildman–Crippen LogP) is 2.62. The SMILES string of the molecule is CC(CC(=O)O)n1cc(Br)c(C(F)F)n1. The summed E-state index contributed by atoms with van der Waals surface area (Å²) in [6.07, 6.45) is -1.47. The maximum Gasteiger partial charge on any atom is 0.305 e. The molecule has 4 nitrogen and oxygen atoms in total. The van der Waals surface area contributed by atoms with E-state index in [1.54, 1.807) is 6.92 Å². The third kappa shape index (κ3) is 2.98. The van der Waals surface area contributed by atoms with E-state index in [1.165, 1.54) is 10.9 Å². The predicted molar refractivity (Wildman–Crippen MR) is 51.8 cm³/mol. The van der Waals surface area contributed by atoms with Crippen molar-refractivity contribution in [2.75, 3.05) is 0 Å². The molecule has 0 spiro atoms. The number of hydrogen-bond donors (Lipinski definition) is 1. The average molecular weight is 283 g/mol. The minimum Gasteiger partial charge on any atom is -0.481 e. The molecule has 0 aliphatic rings. The standard InChI is InChI=1S/C8H9BrF2N2O2/c1-4(2-6(14)15)13-3-5(9)7(12-13)8(10)11/h3-4,8H,2H2,1H3,(H,14,15). The summed E-state index contributed by atoms with van der Waals surface area (Å²) >= 11 is 2.94. The van der Waals surface area contributed by atoms with Crippen LogP contribution in [0.1, 0.15) is 31.5 Å². The molecular weight excluding hydrogens is 274 g/mol. The van der Waals surface area contributed by atoms with Gasteiger partial charge in [0.05, 0.1) is 16.9 Å². The number of halogens is 3. The summed E-state index contributed by atoms with van der Waals surface area (Å²) < 4.78 is 26.1. The molecular formula is C8H9BrF2N2O2. The minimum atomic E-state index is -2.67. The first-order valence-electron chi connectivity index (χ1n) is 4.16. The monoisotopic (exact) mass is 282 g/mol. The van der Waals surface area contributed by atoms with Crippen molar-refractivity contribution < 1.29 is 18.7 Å². The molecule has 1 rings (SSSR count). The smallest absolute Gasteiger partial charge is 0.305 e. The Bertz CT molecular complexity index is 368. The topological polar surface area (TPSA) is 55.1 Å². The molecule has 15 heavy (non-hydrogen) atoms. The van der Waals surface area contributed by atoms with E-state index in [-0.39, 0.29) is 16.6 Å². The van der Waals surface area contributed by atoms with Gasteiger partial charge >= 0.3 is 5.97 Å². The molecule has 0 aliphatic heterocycles. The fourth-order valence-corrected chi connectivity index (χ4v) is 1.57. The van der Waals surface area contributed by atoms with Crippen molar-refractivity contribution in [3.8, 4) is 0 Å². The molecule has 0 aliphatic carbocycles. The number of nitrogens with zero attached hydrogens (tertiary/aromatic N) is 2. The number of alkyl halides is 2. The van der Waals surface area contributed by atoms with Gasteiger partial charge in [0.25, 0.3) is 6.43 Å². The van der Waals surface area contributed by atoms with Gasteiger partial charge in [-0.25, -0.2) is 8.78 Å². The fourth-order valence-electron chi connectivity index (χ4n) is 1.10. The quantitative estimate of drug-likeness (QED) is 0.924. The summed E-state index contributed by atoms with van der Waals surface area (Å²) in [5, 5.41) is 12.1. The Morgan fingerprint density at radius 3 is 2.73 bits per heavy atom. The fraction of sp³-hybridized carbons (Fsp3) is 0.500.